The molecule has 2 aromatic carbocycles. The summed E-state index contributed by atoms with van der Waals surface area (Å²) in [6.07, 6.45) is 0.921. The fraction of sp³-hybridized carbons (Fsp3) is 0.318. The molecule has 0 aliphatic carbocycles. The van der Waals surface area contributed by atoms with Gasteiger partial charge in [0.1, 0.15) is 9.84 Å². The molecule has 0 saturated carbocycles. The molecule has 10 heteroatoms. The second-order valence-electron chi connectivity index (χ2n) is 7.17. The van der Waals surface area contributed by atoms with Crippen molar-refractivity contribution in [3.8, 4) is 11.5 Å². The van der Waals surface area contributed by atoms with Gasteiger partial charge in [-0.05, 0) is 36.8 Å². The van der Waals surface area contributed by atoms with Crippen LogP contribution in [0, 0.1) is 0 Å². The molecule has 0 saturated heterocycles. The predicted molar refractivity (Wildman–Crippen MR) is 118 cm³/mol. The Bertz CT molecular complexity index is 1250. The number of amides is 3. The molecule has 9 nitrogen and oxygen atoms in total. The molecule has 0 fully saturated rings. The Balaban J connectivity index is 2.21. The summed E-state index contributed by atoms with van der Waals surface area (Å²) in [5, 5.41) is 2.50. The van der Waals surface area contributed by atoms with E-state index in [-0.39, 0.29) is 34.7 Å². The van der Waals surface area contributed by atoms with E-state index in [1.807, 2.05) is 0 Å². The first kappa shape index (κ1) is 21.8. The summed E-state index contributed by atoms with van der Waals surface area (Å²) in [4.78, 5) is 38.9. The van der Waals surface area contributed by atoms with Gasteiger partial charge in [0.25, 0.3) is 11.8 Å². The molecule has 1 atom stereocenters. The van der Waals surface area contributed by atoms with Crippen LogP contribution in [0.5, 0.6) is 11.5 Å². The van der Waals surface area contributed by atoms with Crippen molar-refractivity contribution in [3.63, 3.8) is 0 Å². The molecule has 170 valence electrons. The molecule has 32 heavy (non-hydrogen) atoms. The van der Waals surface area contributed by atoms with Gasteiger partial charge in [-0.2, -0.15) is 0 Å². The van der Waals surface area contributed by atoms with Gasteiger partial charge < -0.3 is 14.8 Å². The zero-order chi connectivity index (χ0) is 24.6. The highest BCUT2D eigenvalue weighted by molar-refractivity contribution is 7.90. The SMILES string of the molecule is [2H][C@@](CS(C)(=O)=O)(c1ccc(OC)c(OCC)c1)N1C(=O)c2cccc(NC(C)=O)c2C1=O. The summed E-state index contributed by atoms with van der Waals surface area (Å²) >= 11 is 0. The number of imide groups is 1. The Kier molecular flexibility index (Phi) is 6.13. The molecule has 1 heterocycles. The number of nitrogens with one attached hydrogen (secondary N) is 1. The van der Waals surface area contributed by atoms with Crippen LogP contribution in [0.25, 0.3) is 0 Å². The van der Waals surface area contributed by atoms with E-state index in [0.29, 0.717) is 10.6 Å². The number of carbonyl (C=O) groups excluding carboxylic acids is 3. The lowest BCUT2D eigenvalue weighted by atomic mass is 10.1. The van der Waals surface area contributed by atoms with Gasteiger partial charge in [0.05, 0.1) is 43.7 Å². The van der Waals surface area contributed by atoms with Crippen LogP contribution in [0.1, 0.15) is 47.5 Å². The summed E-state index contributed by atoms with van der Waals surface area (Å²) in [5.74, 6) is -2.44. The predicted octanol–water partition coefficient (Wildman–Crippen LogP) is 2.43. The van der Waals surface area contributed by atoms with Crippen LogP contribution in [0.15, 0.2) is 36.4 Å². The van der Waals surface area contributed by atoms with Crippen molar-refractivity contribution in [2.24, 2.45) is 0 Å². The van der Waals surface area contributed by atoms with Gasteiger partial charge >= 0.3 is 0 Å². The minimum Gasteiger partial charge on any atom is -0.493 e. The Morgan fingerprint density at radius 1 is 1.19 bits per heavy atom. The van der Waals surface area contributed by atoms with Crippen molar-refractivity contribution < 1.29 is 33.6 Å². The Labute approximate surface area is 187 Å². The van der Waals surface area contributed by atoms with E-state index in [1.54, 1.807) is 6.92 Å². The molecule has 2 aromatic rings. The standard InChI is InChI=1S/C22H24N2O7S/c1-5-31-19-11-14(9-10-18(19)30-3)17(12-32(4,28)29)24-21(26)15-7-6-8-16(23-13(2)25)20(15)22(24)27/h6-11,17H,5,12H2,1-4H3,(H,23,25)/t17-/m1/s1/i17D. The molecule has 1 aliphatic heterocycles. The Morgan fingerprint density at radius 2 is 1.91 bits per heavy atom. The average Bonchev–Trinajstić information content (AvgIpc) is 2.98. The number of sulfone groups is 1. The van der Waals surface area contributed by atoms with E-state index in [2.05, 4.69) is 5.32 Å². The molecule has 0 spiro atoms. The lowest BCUT2D eigenvalue weighted by molar-refractivity contribution is -0.114. The zero-order valence-corrected chi connectivity index (χ0v) is 18.9. The van der Waals surface area contributed by atoms with Gasteiger partial charge in [-0.15, -0.1) is 0 Å². The van der Waals surface area contributed by atoms with Crippen LogP contribution in [0.4, 0.5) is 5.69 Å². The third-order valence-electron chi connectivity index (χ3n) is 4.69. The van der Waals surface area contributed by atoms with Crippen LogP contribution in [0.3, 0.4) is 0 Å². The molecule has 1 aliphatic rings. The highest BCUT2D eigenvalue weighted by Gasteiger charge is 2.43. The third-order valence-corrected chi connectivity index (χ3v) is 5.49. The van der Waals surface area contributed by atoms with Gasteiger partial charge in [0, 0.05) is 13.2 Å². The van der Waals surface area contributed by atoms with E-state index < -0.39 is 39.3 Å². The van der Waals surface area contributed by atoms with Crippen LogP contribution < -0.4 is 14.8 Å². The van der Waals surface area contributed by atoms with Crippen molar-refractivity contribution in [1.29, 1.82) is 0 Å². The topological polar surface area (TPSA) is 119 Å². The van der Waals surface area contributed by atoms with E-state index in [0.717, 1.165) is 6.26 Å². The van der Waals surface area contributed by atoms with Crippen LogP contribution >= 0.6 is 0 Å². The maximum Gasteiger partial charge on any atom is 0.264 e. The van der Waals surface area contributed by atoms with Crippen molar-refractivity contribution >= 4 is 33.2 Å². The van der Waals surface area contributed by atoms with Crippen LogP contribution in [-0.2, 0) is 14.6 Å². The van der Waals surface area contributed by atoms with E-state index in [9.17, 15) is 22.8 Å². The lowest BCUT2D eigenvalue weighted by Crippen LogP contribution is -2.37. The Morgan fingerprint density at radius 3 is 2.50 bits per heavy atom. The number of hydrogen-bond acceptors (Lipinski definition) is 7. The molecule has 0 unspecified atom stereocenters. The van der Waals surface area contributed by atoms with Crippen molar-refractivity contribution in [3.05, 3.63) is 53.1 Å². The molecule has 1 N–H and O–H groups in total. The number of rotatable bonds is 8. The van der Waals surface area contributed by atoms with Crippen molar-refractivity contribution in [2.75, 3.05) is 31.0 Å². The smallest absolute Gasteiger partial charge is 0.264 e. The molecule has 3 amide bonds. The minimum atomic E-state index is -3.85. The zero-order valence-electron chi connectivity index (χ0n) is 19.1. The van der Waals surface area contributed by atoms with E-state index in [1.165, 1.54) is 50.4 Å². The molecular formula is C22H24N2O7S. The van der Waals surface area contributed by atoms with E-state index >= 15 is 0 Å². The second kappa shape index (κ2) is 8.99. The number of hydrogen-bond donors (Lipinski definition) is 1. The summed E-state index contributed by atoms with van der Waals surface area (Å²) < 4.78 is 44.6. The highest BCUT2D eigenvalue weighted by atomic mass is 32.2. The number of anilines is 1. The Hall–Kier alpha value is -3.40. The van der Waals surface area contributed by atoms with E-state index in [4.69, 9.17) is 10.8 Å². The molecule has 0 aromatic heterocycles. The molecule has 0 radical (unpaired) electrons. The highest BCUT2D eigenvalue weighted by Crippen LogP contribution is 2.38. The number of fused-ring (bicyclic) bond motifs is 1. The number of benzene rings is 2. The number of ether oxygens (including phenoxy) is 2. The van der Waals surface area contributed by atoms with Gasteiger partial charge in [0.15, 0.2) is 11.5 Å². The molecular weight excluding hydrogens is 436 g/mol. The summed E-state index contributed by atoms with van der Waals surface area (Å²) in [5.41, 5.74) is 0.0244. The second-order valence-corrected chi connectivity index (χ2v) is 9.31. The van der Waals surface area contributed by atoms with Crippen LogP contribution in [0.2, 0.25) is 0 Å². The minimum absolute atomic E-state index is 0.0325. The monoisotopic (exact) mass is 461 g/mol. The lowest BCUT2D eigenvalue weighted by Gasteiger charge is -2.27. The first-order chi connectivity index (χ1) is 15.4. The summed E-state index contributed by atoms with van der Waals surface area (Å²) in [6, 6.07) is 6.30. The number of methoxy groups -OCH3 is 1. The number of carbonyl (C=O) groups is 3. The van der Waals surface area contributed by atoms with Crippen LogP contribution in [-0.4, -0.2) is 56.8 Å². The fourth-order valence-corrected chi connectivity index (χ4v) is 4.27. The van der Waals surface area contributed by atoms with Gasteiger partial charge in [-0.1, -0.05) is 12.1 Å². The molecule has 0 bridgehead atoms. The van der Waals surface area contributed by atoms with Gasteiger partial charge in [-0.25, -0.2) is 8.42 Å². The maximum atomic E-state index is 13.4. The molecule has 3 rings (SSSR count). The first-order valence-electron chi connectivity index (χ1n) is 10.2. The van der Waals surface area contributed by atoms with Gasteiger partial charge in [0.2, 0.25) is 5.91 Å². The number of nitrogens with zero attached hydrogens (tertiary/aromatic N) is 1. The fourth-order valence-electron chi connectivity index (χ4n) is 3.47. The van der Waals surface area contributed by atoms with Crippen molar-refractivity contribution in [2.45, 2.75) is 19.9 Å². The first-order valence-corrected chi connectivity index (χ1v) is 11.8. The van der Waals surface area contributed by atoms with Gasteiger partial charge in [-0.3, -0.25) is 19.3 Å². The average molecular weight is 462 g/mol. The third kappa shape index (κ3) is 4.59. The normalized spacial score (nSPS) is 15.6. The largest absolute Gasteiger partial charge is 0.493 e. The van der Waals surface area contributed by atoms with Crippen molar-refractivity contribution in [1.82, 2.24) is 4.90 Å². The quantitative estimate of drug-likeness (QED) is 0.600. The summed E-state index contributed by atoms with van der Waals surface area (Å²) in [7, 11) is -2.42. The summed E-state index contributed by atoms with van der Waals surface area (Å²) in [6.45, 7) is 3.26. The maximum absolute atomic E-state index is 13.4.